The first-order valence-corrected chi connectivity index (χ1v) is 11.2. The summed E-state index contributed by atoms with van der Waals surface area (Å²) >= 11 is 11.8. The van der Waals surface area contributed by atoms with E-state index in [1.807, 2.05) is 0 Å². The van der Waals surface area contributed by atoms with Gasteiger partial charge in [-0.1, -0.05) is 41.3 Å². The molecule has 0 aliphatic carbocycles. The molecule has 8 nitrogen and oxygen atoms in total. The van der Waals surface area contributed by atoms with Crippen molar-refractivity contribution in [2.75, 3.05) is 26.0 Å². The number of halogens is 2. The van der Waals surface area contributed by atoms with Gasteiger partial charge in [0.1, 0.15) is 12.4 Å². The van der Waals surface area contributed by atoms with Gasteiger partial charge in [0.05, 0.1) is 6.26 Å². The van der Waals surface area contributed by atoms with Crippen LogP contribution in [0.5, 0.6) is 5.75 Å². The van der Waals surface area contributed by atoms with Gasteiger partial charge in [0.15, 0.2) is 5.82 Å². The fraction of sp³-hybridized carbons (Fsp3) is 0.562. The van der Waals surface area contributed by atoms with Crippen LogP contribution in [0.2, 0.25) is 10.0 Å². The van der Waals surface area contributed by atoms with Gasteiger partial charge in [-0.2, -0.15) is 9.52 Å². The number of benzene rings is 1. The van der Waals surface area contributed by atoms with Gasteiger partial charge in [-0.25, -0.2) is 8.42 Å². The SMILES string of the molecule is CS(=O)(=O)N(CCCCCCc1nn[nH]n1)CCOc1cc(Cl)cc(Cl)c1.[Na+]. The van der Waals surface area contributed by atoms with Gasteiger partial charge in [-0.3, -0.25) is 0 Å². The molecule has 2 rings (SSSR count). The van der Waals surface area contributed by atoms with Crippen LogP contribution in [0.15, 0.2) is 18.2 Å². The van der Waals surface area contributed by atoms with Crippen molar-refractivity contribution >= 4 is 33.2 Å². The molecule has 0 bridgehead atoms. The molecule has 0 aliphatic heterocycles. The molecule has 0 spiro atoms. The number of hydrogen-bond donors (Lipinski definition) is 1. The van der Waals surface area contributed by atoms with Crippen LogP contribution in [-0.2, 0) is 16.4 Å². The van der Waals surface area contributed by atoms with E-state index in [0.29, 0.717) is 28.2 Å². The first kappa shape index (κ1) is 25.6. The molecule has 0 aliphatic rings. The maximum Gasteiger partial charge on any atom is 1.00 e. The summed E-state index contributed by atoms with van der Waals surface area (Å²) in [4.78, 5) is 0. The van der Waals surface area contributed by atoms with Gasteiger partial charge in [-0.15, -0.1) is 10.2 Å². The van der Waals surface area contributed by atoms with Crippen molar-refractivity contribution in [1.82, 2.24) is 24.9 Å². The molecule has 0 radical (unpaired) electrons. The Balaban J connectivity index is 0.00000392. The Labute approximate surface area is 197 Å². The van der Waals surface area contributed by atoms with Crippen LogP contribution in [0.4, 0.5) is 0 Å². The molecule has 1 heterocycles. The van der Waals surface area contributed by atoms with Crippen LogP contribution in [0.3, 0.4) is 0 Å². The summed E-state index contributed by atoms with van der Waals surface area (Å²) in [7, 11) is -3.30. The van der Waals surface area contributed by atoms with E-state index in [1.165, 1.54) is 10.6 Å². The Hall–Kier alpha value is -0.420. The average Bonchev–Trinajstić information content (AvgIpc) is 3.07. The predicted octanol–water partition coefficient (Wildman–Crippen LogP) is -0.0460. The third-order valence-corrected chi connectivity index (χ3v) is 5.60. The molecule has 1 aromatic carbocycles. The number of sulfonamides is 1. The van der Waals surface area contributed by atoms with Crippen molar-refractivity contribution in [1.29, 1.82) is 0 Å². The number of ether oxygens (including phenoxy) is 1. The Morgan fingerprint density at radius 1 is 1.07 bits per heavy atom. The molecule has 1 N–H and O–H groups in total. The molecule has 0 fully saturated rings. The third-order valence-electron chi connectivity index (χ3n) is 3.86. The van der Waals surface area contributed by atoms with E-state index < -0.39 is 10.0 Å². The smallest absolute Gasteiger partial charge is 0.492 e. The van der Waals surface area contributed by atoms with Crippen molar-refractivity contribution in [2.24, 2.45) is 0 Å². The average molecular weight is 459 g/mol. The quantitative estimate of drug-likeness (QED) is 0.353. The molecular formula is C16H23Cl2N5NaO3S+. The molecule has 0 unspecified atom stereocenters. The fourth-order valence-electron chi connectivity index (χ4n) is 2.53. The van der Waals surface area contributed by atoms with Gasteiger partial charge in [0, 0.05) is 29.6 Å². The third kappa shape index (κ3) is 9.87. The maximum absolute atomic E-state index is 12.0. The number of aromatic nitrogens is 4. The minimum Gasteiger partial charge on any atom is -0.492 e. The maximum atomic E-state index is 12.0. The molecule has 12 heteroatoms. The zero-order chi connectivity index (χ0) is 19.7. The second-order valence-corrected chi connectivity index (χ2v) is 8.96. The van der Waals surface area contributed by atoms with Crippen LogP contribution in [0.1, 0.15) is 31.5 Å². The number of nitrogens with one attached hydrogen (secondary N) is 1. The minimum absolute atomic E-state index is 0. The Kier molecular flexibility index (Phi) is 11.9. The van der Waals surface area contributed by atoms with E-state index in [0.717, 1.165) is 32.1 Å². The molecule has 150 valence electrons. The van der Waals surface area contributed by atoms with Crippen LogP contribution in [0, 0.1) is 0 Å². The topological polar surface area (TPSA) is 101 Å². The van der Waals surface area contributed by atoms with E-state index in [2.05, 4.69) is 20.6 Å². The van der Waals surface area contributed by atoms with Crippen LogP contribution in [-0.4, -0.2) is 59.3 Å². The number of rotatable bonds is 12. The molecule has 28 heavy (non-hydrogen) atoms. The standard InChI is InChI=1S/C16H23Cl2N5O3S.Na/c1-27(24,25)23(7-5-3-2-4-6-16-19-21-22-20-16)8-9-26-15-11-13(17)10-14(18)12-15;/h10-12H,2-9H2,1H3,(H,19,20,21,22);/q;+1. The molecule has 0 amide bonds. The Morgan fingerprint density at radius 2 is 1.75 bits per heavy atom. The van der Waals surface area contributed by atoms with Gasteiger partial charge in [0.2, 0.25) is 10.0 Å². The summed E-state index contributed by atoms with van der Waals surface area (Å²) in [5.41, 5.74) is 0. The van der Waals surface area contributed by atoms with E-state index in [4.69, 9.17) is 27.9 Å². The fourth-order valence-corrected chi connectivity index (χ4v) is 3.91. The van der Waals surface area contributed by atoms with Crippen molar-refractivity contribution in [3.05, 3.63) is 34.1 Å². The molecule has 1 aromatic heterocycles. The second kappa shape index (κ2) is 13.0. The van der Waals surface area contributed by atoms with Crippen molar-refractivity contribution in [3.8, 4) is 5.75 Å². The summed E-state index contributed by atoms with van der Waals surface area (Å²) in [5, 5.41) is 14.7. The zero-order valence-electron chi connectivity index (χ0n) is 16.1. The van der Waals surface area contributed by atoms with E-state index in [9.17, 15) is 8.42 Å². The molecular weight excluding hydrogens is 436 g/mol. The number of aryl methyl sites for hydroxylation is 1. The Bertz CT molecular complexity index is 788. The summed E-state index contributed by atoms with van der Waals surface area (Å²) < 4.78 is 30.9. The van der Waals surface area contributed by atoms with E-state index >= 15 is 0 Å². The predicted molar refractivity (Wildman–Crippen MR) is 105 cm³/mol. The minimum atomic E-state index is -3.30. The number of unbranched alkanes of at least 4 members (excludes halogenated alkanes) is 3. The molecule has 0 saturated carbocycles. The summed E-state index contributed by atoms with van der Waals surface area (Å²) in [5.74, 6) is 1.22. The zero-order valence-corrected chi connectivity index (χ0v) is 20.4. The number of H-pyrrole nitrogens is 1. The summed E-state index contributed by atoms with van der Waals surface area (Å²) in [6.07, 6.45) is 5.60. The summed E-state index contributed by atoms with van der Waals surface area (Å²) in [6.45, 7) is 0.952. The van der Waals surface area contributed by atoms with Crippen LogP contribution >= 0.6 is 23.2 Å². The molecule has 0 atom stereocenters. The van der Waals surface area contributed by atoms with Crippen molar-refractivity contribution in [2.45, 2.75) is 32.1 Å². The van der Waals surface area contributed by atoms with Gasteiger partial charge >= 0.3 is 29.6 Å². The largest absolute Gasteiger partial charge is 1.00 e. The van der Waals surface area contributed by atoms with Gasteiger partial charge < -0.3 is 4.74 Å². The number of aromatic amines is 1. The van der Waals surface area contributed by atoms with Crippen molar-refractivity contribution in [3.63, 3.8) is 0 Å². The summed E-state index contributed by atoms with van der Waals surface area (Å²) in [6, 6.07) is 4.89. The number of tetrazole rings is 1. The first-order chi connectivity index (χ1) is 12.8. The van der Waals surface area contributed by atoms with Crippen LogP contribution < -0.4 is 34.3 Å². The normalized spacial score (nSPS) is 11.4. The molecule has 2 aromatic rings. The monoisotopic (exact) mass is 458 g/mol. The number of nitrogens with zero attached hydrogens (tertiary/aromatic N) is 4. The Morgan fingerprint density at radius 3 is 2.36 bits per heavy atom. The van der Waals surface area contributed by atoms with E-state index in [-0.39, 0.29) is 42.7 Å². The first-order valence-electron chi connectivity index (χ1n) is 8.61. The van der Waals surface area contributed by atoms with E-state index in [1.54, 1.807) is 18.2 Å². The molecule has 0 saturated heterocycles. The van der Waals surface area contributed by atoms with Gasteiger partial charge in [-0.05, 0) is 31.0 Å². The second-order valence-electron chi connectivity index (χ2n) is 6.11. The van der Waals surface area contributed by atoms with Gasteiger partial charge in [0.25, 0.3) is 0 Å². The number of hydrogen-bond acceptors (Lipinski definition) is 6. The van der Waals surface area contributed by atoms with Crippen molar-refractivity contribution < 1.29 is 42.7 Å². The van der Waals surface area contributed by atoms with Crippen LogP contribution in [0.25, 0.3) is 0 Å².